The predicted octanol–water partition coefficient (Wildman–Crippen LogP) is 0.352. The molecule has 86 valence electrons. The Bertz CT molecular complexity index is 280. The first-order valence-electron chi connectivity index (χ1n) is 5.38. The minimum atomic E-state index is 0.342. The molecule has 1 aromatic heterocycles. The maximum atomic E-state index is 3.89. The van der Waals surface area contributed by atoms with Gasteiger partial charge < -0.3 is 10.2 Å². The van der Waals surface area contributed by atoms with Crippen molar-refractivity contribution in [1.29, 1.82) is 0 Å². The van der Waals surface area contributed by atoms with Crippen molar-refractivity contribution in [2.24, 2.45) is 7.05 Å². The standard InChI is InChI=1S/C9H20N6/c1-5-15(6-2)7-8(3)10-9-11-12-13-14(9)4/h8H,5-7H2,1-4H3,(H,10,11,13). The molecule has 6 nitrogen and oxygen atoms in total. The maximum absolute atomic E-state index is 3.89. The number of aryl methyl sites for hydroxylation is 1. The smallest absolute Gasteiger partial charge is 0.242 e. The molecule has 0 saturated heterocycles. The molecule has 6 heteroatoms. The van der Waals surface area contributed by atoms with Crippen LogP contribution < -0.4 is 5.32 Å². The summed E-state index contributed by atoms with van der Waals surface area (Å²) in [7, 11) is 1.83. The Balaban J connectivity index is 2.42. The Kier molecular flexibility index (Phi) is 4.48. The van der Waals surface area contributed by atoms with Crippen molar-refractivity contribution in [3.05, 3.63) is 0 Å². The van der Waals surface area contributed by atoms with Crippen molar-refractivity contribution in [2.45, 2.75) is 26.8 Å². The summed E-state index contributed by atoms with van der Waals surface area (Å²) in [6, 6.07) is 0.342. The predicted molar refractivity (Wildman–Crippen MR) is 59.7 cm³/mol. The van der Waals surface area contributed by atoms with E-state index in [4.69, 9.17) is 0 Å². The zero-order chi connectivity index (χ0) is 11.3. The molecule has 1 rings (SSSR count). The number of tetrazole rings is 1. The number of aromatic nitrogens is 4. The summed E-state index contributed by atoms with van der Waals surface area (Å²) in [6.07, 6.45) is 0. The van der Waals surface area contributed by atoms with E-state index in [1.54, 1.807) is 4.68 Å². The van der Waals surface area contributed by atoms with E-state index in [-0.39, 0.29) is 0 Å². The van der Waals surface area contributed by atoms with Crippen LogP contribution >= 0.6 is 0 Å². The molecule has 0 saturated carbocycles. The van der Waals surface area contributed by atoms with E-state index < -0.39 is 0 Å². The number of anilines is 1. The fourth-order valence-corrected chi connectivity index (χ4v) is 1.49. The van der Waals surface area contributed by atoms with Gasteiger partial charge in [0.05, 0.1) is 0 Å². The molecule has 1 N–H and O–H groups in total. The molecule has 0 radical (unpaired) electrons. The third-order valence-corrected chi connectivity index (χ3v) is 2.42. The van der Waals surface area contributed by atoms with Gasteiger partial charge in [-0.3, -0.25) is 0 Å². The van der Waals surface area contributed by atoms with Gasteiger partial charge >= 0.3 is 0 Å². The molecular formula is C9H20N6. The second kappa shape index (κ2) is 5.65. The van der Waals surface area contributed by atoms with Crippen molar-refractivity contribution in [3.63, 3.8) is 0 Å². The number of hydrogen-bond acceptors (Lipinski definition) is 5. The molecule has 0 aromatic carbocycles. The fraction of sp³-hybridized carbons (Fsp3) is 0.889. The van der Waals surface area contributed by atoms with E-state index in [0.29, 0.717) is 6.04 Å². The molecule has 1 heterocycles. The van der Waals surface area contributed by atoms with Gasteiger partial charge in [-0.2, -0.15) is 0 Å². The first kappa shape index (κ1) is 11.9. The van der Waals surface area contributed by atoms with E-state index >= 15 is 0 Å². The molecule has 0 bridgehead atoms. The number of rotatable bonds is 6. The highest BCUT2D eigenvalue weighted by Gasteiger charge is 2.09. The number of hydrogen-bond donors (Lipinski definition) is 1. The van der Waals surface area contributed by atoms with Crippen LogP contribution in [0.3, 0.4) is 0 Å². The van der Waals surface area contributed by atoms with Gasteiger partial charge in [0.2, 0.25) is 5.95 Å². The highest BCUT2D eigenvalue weighted by Crippen LogP contribution is 2.01. The Morgan fingerprint density at radius 2 is 2.07 bits per heavy atom. The molecule has 0 aliphatic rings. The highest BCUT2D eigenvalue weighted by molar-refractivity contribution is 5.22. The summed E-state index contributed by atoms with van der Waals surface area (Å²) in [5, 5.41) is 14.5. The van der Waals surface area contributed by atoms with Crippen LogP contribution in [0.15, 0.2) is 0 Å². The lowest BCUT2D eigenvalue weighted by Crippen LogP contribution is -2.35. The van der Waals surface area contributed by atoms with E-state index in [1.807, 2.05) is 7.05 Å². The number of nitrogens with one attached hydrogen (secondary N) is 1. The molecule has 15 heavy (non-hydrogen) atoms. The van der Waals surface area contributed by atoms with E-state index in [1.165, 1.54) is 0 Å². The minimum absolute atomic E-state index is 0.342. The lowest BCUT2D eigenvalue weighted by atomic mass is 10.3. The SMILES string of the molecule is CCN(CC)CC(C)Nc1nnnn1C. The van der Waals surface area contributed by atoms with Gasteiger partial charge in [0.25, 0.3) is 0 Å². The van der Waals surface area contributed by atoms with Crippen LogP contribution in [-0.2, 0) is 7.05 Å². The normalized spacial score (nSPS) is 13.1. The maximum Gasteiger partial charge on any atom is 0.242 e. The second-order valence-electron chi connectivity index (χ2n) is 3.66. The lowest BCUT2D eigenvalue weighted by molar-refractivity contribution is 0.294. The molecule has 0 amide bonds. The van der Waals surface area contributed by atoms with Gasteiger partial charge in [-0.25, -0.2) is 4.68 Å². The quantitative estimate of drug-likeness (QED) is 0.737. The van der Waals surface area contributed by atoms with Gasteiger partial charge in [-0.15, -0.1) is 0 Å². The Hall–Kier alpha value is -1.17. The zero-order valence-corrected chi connectivity index (χ0v) is 9.93. The summed E-state index contributed by atoms with van der Waals surface area (Å²) in [5.41, 5.74) is 0. The van der Waals surface area contributed by atoms with E-state index in [2.05, 4.69) is 46.5 Å². The molecule has 0 fully saturated rings. The van der Waals surface area contributed by atoms with Crippen molar-refractivity contribution < 1.29 is 0 Å². The third-order valence-electron chi connectivity index (χ3n) is 2.42. The largest absolute Gasteiger partial charge is 0.349 e. The van der Waals surface area contributed by atoms with Crippen LogP contribution in [0.4, 0.5) is 5.95 Å². The summed E-state index contributed by atoms with van der Waals surface area (Å²) < 4.78 is 1.64. The minimum Gasteiger partial charge on any atom is -0.349 e. The highest BCUT2D eigenvalue weighted by atomic mass is 15.6. The monoisotopic (exact) mass is 212 g/mol. The average molecular weight is 212 g/mol. The van der Waals surface area contributed by atoms with Gasteiger partial charge in [0, 0.05) is 19.6 Å². The summed E-state index contributed by atoms with van der Waals surface area (Å²) >= 11 is 0. The van der Waals surface area contributed by atoms with E-state index in [0.717, 1.165) is 25.6 Å². The van der Waals surface area contributed by atoms with Crippen molar-refractivity contribution in [1.82, 2.24) is 25.1 Å². The van der Waals surface area contributed by atoms with Crippen LogP contribution in [0, 0.1) is 0 Å². The zero-order valence-electron chi connectivity index (χ0n) is 9.93. The average Bonchev–Trinajstić information content (AvgIpc) is 2.61. The molecule has 1 atom stereocenters. The Morgan fingerprint density at radius 1 is 1.40 bits per heavy atom. The summed E-state index contributed by atoms with van der Waals surface area (Å²) in [5.74, 6) is 0.717. The van der Waals surface area contributed by atoms with Gasteiger partial charge in [0.1, 0.15) is 0 Å². The van der Waals surface area contributed by atoms with Crippen LogP contribution in [0.2, 0.25) is 0 Å². The fourth-order valence-electron chi connectivity index (χ4n) is 1.49. The van der Waals surface area contributed by atoms with E-state index in [9.17, 15) is 0 Å². The number of likely N-dealkylation sites (N-methyl/N-ethyl adjacent to an activating group) is 1. The second-order valence-corrected chi connectivity index (χ2v) is 3.66. The van der Waals surface area contributed by atoms with Gasteiger partial charge in [0.15, 0.2) is 0 Å². The Labute approximate surface area is 90.6 Å². The molecule has 0 spiro atoms. The van der Waals surface area contributed by atoms with Gasteiger partial charge in [-0.1, -0.05) is 18.9 Å². The van der Waals surface area contributed by atoms with Crippen molar-refractivity contribution in [3.8, 4) is 0 Å². The summed E-state index contributed by atoms with van der Waals surface area (Å²) in [4.78, 5) is 2.36. The summed E-state index contributed by atoms with van der Waals surface area (Å²) in [6.45, 7) is 9.60. The van der Waals surface area contributed by atoms with Crippen LogP contribution in [0.25, 0.3) is 0 Å². The first-order chi connectivity index (χ1) is 7.17. The van der Waals surface area contributed by atoms with Crippen molar-refractivity contribution >= 4 is 5.95 Å². The molecule has 0 aliphatic carbocycles. The van der Waals surface area contributed by atoms with Gasteiger partial charge in [-0.05, 0) is 30.4 Å². The van der Waals surface area contributed by atoms with Crippen LogP contribution in [0.5, 0.6) is 0 Å². The third kappa shape index (κ3) is 3.47. The number of nitrogens with zero attached hydrogens (tertiary/aromatic N) is 5. The topological polar surface area (TPSA) is 58.9 Å². The Morgan fingerprint density at radius 3 is 2.53 bits per heavy atom. The molecule has 0 aliphatic heterocycles. The lowest BCUT2D eigenvalue weighted by Gasteiger charge is -2.23. The molecule has 1 aromatic rings. The molecule has 1 unspecified atom stereocenters. The van der Waals surface area contributed by atoms with Crippen LogP contribution in [-0.4, -0.2) is 50.8 Å². The van der Waals surface area contributed by atoms with Crippen LogP contribution in [0.1, 0.15) is 20.8 Å². The van der Waals surface area contributed by atoms with Crippen molar-refractivity contribution in [2.75, 3.05) is 25.0 Å². The molecular weight excluding hydrogens is 192 g/mol. The first-order valence-corrected chi connectivity index (χ1v) is 5.38.